The Kier molecular flexibility index (Phi) is 4.13. The largest absolute Gasteiger partial charge is 0.744 e. The van der Waals surface area contributed by atoms with Gasteiger partial charge < -0.3 is 9.29 Å². The van der Waals surface area contributed by atoms with Crippen molar-refractivity contribution in [2.75, 3.05) is 0 Å². The van der Waals surface area contributed by atoms with Gasteiger partial charge in [0.1, 0.15) is 15.9 Å². The van der Waals surface area contributed by atoms with E-state index in [0.29, 0.717) is 11.1 Å². The van der Waals surface area contributed by atoms with Gasteiger partial charge in [-0.3, -0.25) is 4.79 Å². The molecule has 0 N–H and O–H groups in total. The summed E-state index contributed by atoms with van der Waals surface area (Å²) in [6.07, 6.45) is 0. The van der Waals surface area contributed by atoms with Crippen LogP contribution in [0.4, 0.5) is 0 Å². The Balaban J connectivity index is 3.49. The van der Waals surface area contributed by atoms with Crippen molar-refractivity contribution in [3.63, 3.8) is 0 Å². The van der Waals surface area contributed by atoms with Crippen LogP contribution in [0.2, 0.25) is 0 Å². The Morgan fingerprint density at radius 2 is 1.89 bits per heavy atom. The Morgan fingerprint density at radius 1 is 1.33 bits per heavy atom. The van der Waals surface area contributed by atoms with Crippen molar-refractivity contribution in [1.29, 1.82) is 0 Å². The lowest BCUT2D eigenvalue weighted by Crippen LogP contribution is -2.09. The molecule has 0 saturated carbocycles. The highest BCUT2D eigenvalue weighted by Crippen LogP contribution is 2.31. The van der Waals surface area contributed by atoms with E-state index in [1.165, 1.54) is 19.1 Å². The van der Waals surface area contributed by atoms with Gasteiger partial charge in [0, 0.05) is 6.92 Å². The third kappa shape index (κ3) is 3.30. The van der Waals surface area contributed by atoms with E-state index in [2.05, 4.69) is 0 Å². The van der Waals surface area contributed by atoms with E-state index in [-0.39, 0.29) is 16.6 Å². The second-order valence-corrected chi connectivity index (χ2v) is 5.71. The lowest BCUT2D eigenvalue weighted by Gasteiger charge is -2.18. The second-order valence-electron chi connectivity index (χ2n) is 4.36. The zero-order valence-corrected chi connectivity index (χ0v) is 11.5. The minimum Gasteiger partial charge on any atom is -0.744 e. The molecule has 100 valence electrons. The molecule has 0 aliphatic rings. The van der Waals surface area contributed by atoms with Crippen molar-refractivity contribution in [2.24, 2.45) is 0 Å². The van der Waals surface area contributed by atoms with Gasteiger partial charge >= 0.3 is 5.97 Å². The fraction of sp³-hybridized carbons (Fsp3) is 0.417. The molecule has 0 bridgehead atoms. The first kappa shape index (κ1) is 14.7. The summed E-state index contributed by atoms with van der Waals surface area (Å²) in [5.74, 6) is -0.386. The van der Waals surface area contributed by atoms with Crippen LogP contribution in [-0.4, -0.2) is 18.9 Å². The minimum atomic E-state index is -4.54. The van der Waals surface area contributed by atoms with Crippen molar-refractivity contribution >= 4 is 16.1 Å². The number of ether oxygens (including phenoxy) is 1. The molecule has 0 unspecified atom stereocenters. The van der Waals surface area contributed by atoms with Gasteiger partial charge in [0.05, 0.1) is 4.90 Å². The molecular formula is C12H15O5S-. The molecule has 1 aromatic rings. The zero-order chi connectivity index (χ0) is 14.1. The summed E-state index contributed by atoms with van der Waals surface area (Å²) in [7, 11) is -4.54. The summed E-state index contributed by atoms with van der Waals surface area (Å²) < 4.78 is 38.5. The summed E-state index contributed by atoms with van der Waals surface area (Å²) in [6, 6.07) is 2.68. The van der Waals surface area contributed by atoms with Crippen LogP contribution in [0.25, 0.3) is 0 Å². The van der Waals surface area contributed by atoms with E-state index >= 15 is 0 Å². The zero-order valence-electron chi connectivity index (χ0n) is 10.7. The Morgan fingerprint density at radius 3 is 2.28 bits per heavy atom. The first-order valence-electron chi connectivity index (χ1n) is 5.41. The molecule has 5 nitrogen and oxygen atoms in total. The summed E-state index contributed by atoms with van der Waals surface area (Å²) in [6.45, 7) is 6.36. The maximum Gasteiger partial charge on any atom is 0.308 e. The number of rotatable bonds is 3. The highest BCUT2D eigenvalue weighted by Gasteiger charge is 2.16. The van der Waals surface area contributed by atoms with Gasteiger partial charge in [0.2, 0.25) is 0 Å². The second kappa shape index (κ2) is 5.07. The van der Waals surface area contributed by atoms with Gasteiger partial charge in [0.15, 0.2) is 0 Å². The third-order valence-corrected chi connectivity index (χ3v) is 3.34. The molecule has 6 heteroatoms. The number of hydrogen-bond donors (Lipinski definition) is 0. The molecule has 0 aromatic heterocycles. The van der Waals surface area contributed by atoms with Gasteiger partial charge in [-0.25, -0.2) is 8.42 Å². The maximum atomic E-state index is 11.2. The first-order valence-corrected chi connectivity index (χ1v) is 6.82. The highest BCUT2D eigenvalue weighted by atomic mass is 32.2. The van der Waals surface area contributed by atoms with Gasteiger partial charge in [-0.15, -0.1) is 0 Å². The summed E-state index contributed by atoms with van der Waals surface area (Å²) in [5.41, 5.74) is 0.788. The monoisotopic (exact) mass is 271 g/mol. The van der Waals surface area contributed by atoms with E-state index < -0.39 is 16.1 Å². The number of benzene rings is 1. The topological polar surface area (TPSA) is 83.5 Å². The first-order chi connectivity index (χ1) is 8.12. The molecule has 0 aliphatic heterocycles. The highest BCUT2D eigenvalue weighted by molar-refractivity contribution is 7.85. The van der Waals surface area contributed by atoms with Gasteiger partial charge in [-0.05, 0) is 36.1 Å². The van der Waals surface area contributed by atoms with Crippen LogP contribution in [-0.2, 0) is 14.9 Å². The standard InChI is InChI=1S/C12H16O5S/c1-7(2)10-6-11(17-9(4)13)8(3)5-12(10)18(14,15)16/h5-7H,1-4H3,(H,14,15,16)/p-1. The average Bonchev–Trinajstić information content (AvgIpc) is 2.17. The number of hydrogen-bond acceptors (Lipinski definition) is 5. The molecule has 0 aliphatic carbocycles. The molecular weight excluding hydrogens is 256 g/mol. The quantitative estimate of drug-likeness (QED) is 0.476. The van der Waals surface area contributed by atoms with Crippen molar-refractivity contribution in [2.45, 2.75) is 38.5 Å². The summed E-state index contributed by atoms with van der Waals surface area (Å²) >= 11 is 0. The molecule has 1 aromatic carbocycles. The summed E-state index contributed by atoms with van der Waals surface area (Å²) in [5, 5.41) is 0. The molecule has 0 fully saturated rings. The van der Waals surface area contributed by atoms with Gasteiger partial charge in [0.25, 0.3) is 0 Å². The molecule has 0 radical (unpaired) electrons. The Labute approximate surface area is 107 Å². The van der Waals surface area contributed by atoms with Gasteiger partial charge in [-0.2, -0.15) is 0 Å². The molecule has 18 heavy (non-hydrogen) atoms. The van der Waals surface area contributed by atoms with Crippen LogP contribution < -0.4 is 4.74 Å². The van der Waals surface area contributed by atoms with Crippen LogP contribution >= 0.6 is 0 Å². The fourth-order valence-electron chi connectivity index (χ4n) is 1.61. The van der Waals surface area contributed by atoms with Gasteiger partial charge in [-0.1, -0.05) is 13.8 Å². The predicted molar refractivity (Wildman–Crippen MR) is 64.5 cm³/mol. The van der Waals surface area contributed by atoms with Crippen LogP contribution in [0.1, 0.15) is 37.8 Å². The Hall–Kier alpha value is -1.40. The normalized spacial score (nSPS) is 11.7. The maximum absolute atomic E-state index is 11.2. The van der Waals surface area contributed by atoms with Crippen molar-refractivity contribution in [3.05, 3.63) is 23.3 Å². The molecule has 0 amide bonds. The number of carbonyl (C=O) groups is 1. The fourth-order valence-corrected chi connectivity index (χ4v) is 2.51. The molecule has 0 saturated heterocycles. The number of aryl methyl sites for hydroxylation is 1. The van der Waals surface area contributed by atoms with E-state index in [0.717, 1.165) is 0 Å². The van der Waals surface area contributed by atoms with Crippen molar-refractivity contribution < 1.29 is 22.5 Å². The lowest BCUT2D eigenvalue weighted by atomic mass is 10.0. The van der Waals surface area contributed by atoms with Crippen LogP contribution in [0.15, 0.2) is 17.0 Å². The predicted octanol–water partition coefficient (Wildman–Crippen LogP) is 1.95. The third-order valence-electron chi connectivity index (χ3n) is 2.45. The minimum absolute atomic E-state index is 0.168. The van der Waals surface area contributed by atoms with Crippen LogP contribution in [0.5, 0.6) is 5.75 Å². The number of carbonyl (C=O) groups excluding carboxylic acids is 1. The van der Waals surface area contributed by atoms with Crippen molar-refractivity contribution in [3.8, 4) is 5.75 Å². The van der Waals surface area contributed by atoms with Crippen molar-refractivity contribution in [1.82, 2.24) is 0 Å². The summed E-state index contributed by atoms with van der Waals surface area (Å²) in [4.78, 5) is 10.7. The van der Waals surface area contributed by atoms with E-state index in [4.69, 9.17) is 4.74 Å². The number of esters is 1. The van der Waals surface area contributed by atoms with E-state index in [1.807, 2.05) is 0 Å². The average molecular weight is 271 g/mol. The molecule has 0 spiro atoms. The Bertz CT molecular complexity index is 572. The lowest BCUT2D eigenvalue weighted by molar-refractivity contribution is -0.131. The molecule has 1 rings (SSSR count). The van der Waals surface area contributed by atoms with E-state index in [9.17, 15) is 17.8 Å². The molecule has 0 atom stereocenters. The SMILES string of the molecule is CC(=O)Oc1cc(C(C)C)c(S(=O)(=O)[O-])cc1C. The van der Waals surface area contributed by atoms with Crippen LogP contribution in [0, 0.1) is 6.92 Å². The molecule has 0 heterocycles. The smallest absolute Gasteiger partial charge is 0.308 e. The van der Waals surface area contributed by atoms with Crippen LogP contribution in [0.3, 0.4) is 0 Å². The van der Waals surface area contributed by atoms with E-state index in [1.54, 1.807) is 20.8 Å².